The summed E-state index contributed by atoms with van der Waals surface area (Å²) >= 11 is 0. The van der Waals surface area contributed by atoms with Crippen molar-refractivity contribution in [2.24, 2.45) is 11.1 Å². The number of rotatable bonds is 8. The molecule has 0 aromatic rings. The van der Waals surface area contributed by atoms with E-state index < -0.39 is 0 Å². The summed E-state index contributed by atoms with van der Waals surface area (Å²) in [6, 6.07) is 0.253. The topological polar surface area (TPSA) is 84.7 Å². The van der Waals surface area contributed by atoms with Gasteiger partial charge in [-0.3, -0.25) is 9.59 Å². The van der Waals surface area contributed by atoms with Crippen LogP contribution >= 0.6 is 0 Å². The number of ether oxygens (including phenoxy) is 1. The summed E-state index contributed by atoms with van der Waals surface area (Å²) in [5.74, 6) is -0.286. The zero-order chi connectivity index (χ0) is 16.9. The van der Waals surface area contributed by atoms with Crippen molar-refractivity contribution in [2.45, 2.75) is 64.5 Å². The molecule has 6 heteroatoms. The minimum absolute atomic E-state index is 0.000117. The van der Waals surface area contributed by atoms with E-state index in [-0.39, 0.29) is 42.5 Å². The van der Waals surface area contributed by atoms with E-state index in [4.69, 9.17) is 10.5 Å². The molecule has 2 aliphatic rings. The number of hydrogen-bond acceptors (Lipinski definition) is 4. The van der Waals surface area contributed by atoms with Crippen LogP contribution in [0.3, 0.4) is 0 Å². The van der Waals surface area contributed by atoms with E-state index in [1.165, 1.54) is 12.8 Å². The summed E-state index contributed by atoms with van der Waals surface area (Å²) < 4.78 is 5.95. The van der Waals surface area contributed by atoms with E-state index >= 15 is 0 Å². The molecule has 0 aromatic heterocycles. The van der Waals surface area contributed by atoms with Gasteiger partial charge in [0.05, 0.1) is 19.2 Å². The molecule has 3 N–H and O–H groups in total. The van der Waals surface area contributed by atoms with Gasteiger partial charge in [-0.1, -0.05) is 19.8 Å². The highest BCUT2D eigenvalue weighted by molar-refractivity contribution is 5.85. The quantitative estimate of drug-likeness (QED) is 0.698. The summed E-state index contributed by atoms with van der Waals surface area (Å²) in [6.45, 7) is 5.55. The van der Waals surface area contributed by atoms with Gasteiger partial charge in [-0.05, 0) is 32.6 Å². The monoisotopic (exact) mass is 325 g/mol. The van der Waals surface area contributed by atoms with E-state index in [0.717, 1.165) is 38.8 Å². The number of amides is 2. The molecule has 132 valence electrons. The Kier molecular flexibility index (Phi) is 6.41. The van der Waals surface area contributed by atoms with Gasteiger partial charge >= 0.3 is 0 Å². The molecule has 2 rings (SSSR count). The summed E-state index contributed by atoms with van der Waals surface area (Å²) in [7, 11) is 0. The standard InChI is InChI=1S/C17H31N3O3/c1-3-9-20(16(22)12-19-15(21)11-18)13-10-14(23-4-2)17(13)7-5-6-8-17/h13-14H,3-12,18H2,1-2H3,(H,19,21). The minimum atomic E-state index is -0.286. The Morgan fingerprint density at radius 1 is 1.30 bits per heavy atom. The van der Waals surface area contributed by atoms with Crippen molar-refractivity contribution < 1.29 is 14.3 Å². The number of hydrogen-bond donors (Lipinski definition) is 2. The molecular weight excluding hydrogens is 294 g/mol. The maximum absolute atomic E-state index is 12.6. The third-order valence-electron chi connectivity index (χ3n) is 5.43. The fraction of sp³-hybridized carbons (Fsp3) is 0.882. The van der Waals surface area contributed by atoms with Gasteiger partial charge < -0.3 is 20.7 Å². The molecule has 2 fully saturated rings. The lowest BCUT2D eigenvalue weighted by molar-refractivity contribution is -0.176. The Morgan fingerprint density at radius 3 is 2.57 bits per heavy atom. The Labute approximate surface area is 139 Å². The van der Waals surface area contributed by atoms with Crippen molar-refractivity contribution in [3.8, 4) is 0 Å². The smallest absolute Gasteiger partial charge is 0.242 e. The second-order valence-electron chi connectivity index (χ2n) is 6.70. The van der Waals surface area contributed by atoms with Gasteiger partial charge in [-0.25, -0.2) is 0 Å². The van der Waals surface area contributed by atoms with Crippen molar-refractivity contribution in [1.82, 2.24) is 10.2 Å². The largest absolute Gasteiger partial charge is 0.378 e. The van der Waals surface area contributed by atoms with Crippen LogP contribution in [-0.4, -0.2) is 55.1 Å². The second-order valence-corrected chi connectivity index (χ2v) is 6.70. The molecule has 23 heavy (non-hydrogen) atoms. The molecule has 2 amide bonds. The molecule has 6 nitrogen and oxygen atoms in total. The van der Waals surface area contributed by atoms with Crippen molar-refractivity contribution in [3.63, 3.8) is 0 Å². The minimum Gasteiger partial charge on any atom is -0.378 e. The maximum Gasteiger partial charge on any atom is 0.242 e. The van der Waals surface area contributed by atoms with Crippen molar-refractivity contribution >= 4 is 11.8 Å². The van der Waals surface area contributed by atoms with Gasteiger partial charge in [0.25, 0.3) is 0 Å². The number of nitrogens with two attached hydrogens (primary N) is 1. The van der Waals surface area contributed by atoms with Crippen LogP contribution in [0.5, 0.6) is 0 Å². The van der Waals surface area contributed by atoms with Crippen LogP contribution in [0, 0.1) is 5.41 Å². The van der Waals surface area contributed by atoms with Gasteiger partial charge in [0.15, 0.2) is 0 Å². The van der Waals surface area contributed by atoms with E-state index in [9.17, 15) is 9.59 Å². The summed E-state index contributed by atoms with van der Waals surface area (Å²) in [4.78, 5) is 25.9. The molecule has 0 aromatic carbocycles. The lowest BCUT2D eigenvalue weighted by atomic mass is 9.60. The second kappa shape index (κ2) is 8.11. The average molecular weight is 325 g/mol. The Hall–Kier alpha value is -1.14. The SMILES string of the molecule is CCCN(C(=O)CNC(=O)CN)C1CC(OCC)C12CCCC2. The number of carbonyl (C=O) groups is 2. The van der Waals surface area contributed by atoms with Crippen LogP contribution in [0.4, 0.5) is 0 Å². The highest BCUT2D eigenvalue weighted by Crippen LogP contribution is 2.56. The summed E-state index contributed by atoms with van der Waals surface area (Å²) in [6.07, 6.45) is 6.85. The average Bonchev–Trinajstić information content (AvgIpc) is 3.07. The number of carbonyl (C=O) groups excluding carboxylic acids is 2. The Bertz CT molecular complexity index is 421. The molecule has 1 spiro atoms. The van der Waals surface area contributed by atoms with Crippen molar-refractivity contribution in [3.05, 3.63) is 0 Å². The van der Waals surface area contributed by atoms with Crippen LogP contribution in [0.2, 0.25) is 0 Å². The van der Waals surface area contributed by atoms with Crippen LogP contribution < -0.4 is 11.1 Å². The van der Waals surface area contributed by atoms with E-state index in [0.29, 0.717) is 0 Å². The molecule has 0 bridgehead atoms. The van der Waals surface area contributed by atoms with Gasteiger partial charge in [-0.15, -0.1) is 0 Å². The summed E-state index contributed by atoms with van der Waals surface area (Å²) in [5.41, 5.74) is 5.42. The van der Waals surface area contributed by atoms with Crippen LogP contribution in [-0.2, 0) is 14.3 Å². The van der Waals surface area contributed by atoms with Crippen LogP contribution in [0.25, 0.3) is 0 Å². The van der Waals surface area contributed by atoms with Gasteiger partial charge in [0.1, 0.15) is 0 Å². The lowest BCUT2D eigenvalue weighted by Gasteiger charge is -2.57. The normalized spacial score (nSPS) is 25.2. The molecule has 2 aliphatic carbocycles. The highest BCUT2D eigenvalue weighted by atomic mass is 16.5. The zero-order valence-electron chi connectivity index (χ0n) is 14.5. The Morgan fingerprint density at radius 2 is 2.00 bits per heavy atom. The van der Waals surface area contributed by atoms with E-state index in [2.05, 4.69) is 12.2 Å². The maximum atomic E-state index is 12.6. The van der Waals surface area contributed by atoms with Gasteiger partial charge in [0.2, 0.25) is 11.8 Å². The van der Waals surface area contributed by atoms with Crippen molar-refractivity contribution in [1.29, 1.82) is 0 Å². The highest BCUT2D eigenvalue weighted by Gasteiger charge is 2.59. The first-order chi connectivity index (χ1) is 11.1. The first-order valence-corrected chi connectivity index (χ1v) is 8.96. The third-order valence-corrected chi connectivity index (χ3v) is 5.43. The van der Waals surface area contributed by atoms with E-state index in [1.54, 1.807) is 0 Å². The predicted octanol–water partition coefficient (Wildman–Crippen LogP) is 1.04. The molecule has 2 saturated carbocycles. The molecule has 2 unspecified atom stereocenters. The molecule has 0 radical (unpaired) electrons. The van der Waals surface area contributed by atoms with Crippen LogP contribution in [0.1, 0.15) is 52.4 Å². The molecule has 0 aliphatic heterocycles. The zero-order valence-corrected chi connectivity index (χ0v) is 14.5. The van der Waals surface area contributed by atoms with Gasteiger partial charge in [0, 0.05) is 24.6 Å². The molecule has 0 heterocycles. The van der Waals surface area contributed by atoms with Crippen LogP contribution in [0.15, 0.2) is 0 Å². The third kappa shape index (κ3) is 3.69. The molecular formula is C17H31N3O3. The number of nitrogens with zero attached hydrogens (tertiary/aromatic N) is 1. The fourth-order valence-electron chi connectivity index (χ4n) is 4.33. The van der Waals surface area contributed by atoms with Gasteiger partial charge in [-0.2, -0.15) is 0 Å². The first kappa shape index (κ1) is 18.2. The molecule has 0 saturated heterocycles. The Balaban J connectivity index is 2.05. The van der Waals surface area contributed by atoms with Crippen molar-refractivity contribution in [2.75, 3.05) is 26.2 Å². The molecule has 2 atom stereocenters. The summed E-state index contributed by atoms with van der Waals surface area (Å²) in [5, 5.41) is 2.60. The lowest BCUT2D eigenvalue weighted by Crippen LogP contribution is -2.65. The first-order valence-electron chi connectivity index (χ1n) is 8.96. The van der Waals surface area contributed by atoms with E-state index in [1.807, 2.05) is 11.8 Å². The predicted molar refractivity (Wildman–Crippen MR) is 88.8 cm³/mol. The fourth-order valence-corrected chi connectivity index (χ4v) is 4.33. The number of nitrogens with one attached hydrogen (secondary N) is 1.